The molecule has 0 radical (unpaired) electrons. The molecule has 5 nitrogen and oxygen atoms in total. The van der Waals surface area contributed by atoms with Crippen molar-refractivity contribution in [3.8, 4) is 0 Å². The van der Waals surface area contributed by atoms with Crippen LogP contribution < -0.4 is 10.2 Å². The molecule has 2 fully saturated rings. The van der Waals surface area contributed by atoms with Crippen LogP contribution in [0.3, 0.4) is 0 Å². The molecule has 1 aromatic rings. The van der Waals surface area contributed by atoms with Gasteiger partial charge in [0, 0.05) is 31.6 Å². The highest BCUT2D eigenvalue weighted by Crippen LogP contribution is 2.33. The molecule has 21 heavy (non-hydrogen) atoms. The van der Waals surface area contributed by atoms with E-state index in [-0.39, 0.29) is 0 Å². The van der Waals surface area contributed by atoms with Crippen molar-refractivity contribution in [2.24, 2.45) is 5.92 Å². The standard InChI is InChI=1S/C15H23N3O2S/c1-21(19,20)14-5-3-9-17-15(14)18(10-12-6-7-12)11-13-4-2-8-16-13/h3,5,9,12-13,16H,2,4,6-8,10-11H2,1H3. The molecule has 0 amide bonds. The van der Waals surface area contributed by atoms with Gasteiger partial charge in [0.05, 0.1) is 0 Å². The molecule has 2 aliphatic rings. The summed E-state index contributed by atoms with van der Waals surface area (Å²) in [4.78, 5) is 6.92. The van der Waals surface area contributed by atoms with Gasteiger partial charge in [-0.2, -0.15) is 0 Å². The van der Waals surface area contributed by atoms with Crippen molar-refractivity contribution in [2.75, 3.05) is 30.8 Å². The van der Waals surface area contributed by atoms with Gasteiger partial charge in [-0.05, 0) is 50.3 Å². The van der Waals surface area contributed by atoms with E-state index in [2.05, 4.69) is 15.2 Å². The van der Waals surface area contributed by atoms with Crippen LogP contribution in [0, 0.1) is 5.92 Å². The first-order chi connectivity index (χ1) is 10.0. The lowest BCUT2D eigenvalue weighted by atomic mass is 10.2. The molecule has 0 spiro atoms. The van der Waals surface area contributed by atoms with E-state index in [0.717, 1.165) is 26.1 Å². The third-order valence-corrected chi connectivity index (χ3v) is 5.35. The Bertz CT molecular complexity index is 593. The van der Waals surface area contributed by atoms with Crippen LogP contribution in [0.4, 0.5) is 5.82 Å². The van der Waals surface area contributed by atoms with Gasteiger partial charge in [-0.3, -0.25) is 0 Å². The molecular weight excluding hydrogens is 286 g/mol. The average molecular weight is 309 g/mol. The van der Waals surface area contributed by atoms with E-state index < -0.39 is 9.84 Å². The Kier molecular flexibility index (Phi) is 4.17. The van der Waals surface area contributed by atoms with E-state index >= 15 is 0 Å². The number of nitrogens with one attached hydrogen (secondary N) is 1. The van der Waals surface area contributed by atoms with Crippen LogP contribution >= 0.6 is 0 Å². The van der Waals surface area contributed by atoms with Gasteiger partial charge in [-0.15, -0.1) is 0 Å². The van der Waals surface area contributed by atoms with Crippen molar-refractivity contribution in [2.45, 2.75) is 36.6 Å². The van der Waals surface area contributed by atoms with E-state index in [0.29, 0.717) is 22.7 Å². The minimum Gasteiger partial charge on any atom is -0.354 e. The molecule has 116 valence electrons. The summed E-state index contributed by atoms with van der Waals surface area (Å²) in [6, 6.07) is 3.81. The van der Waals surface area contributed by atoms with Gasteiger partial charge in [-0.1, -0.05) is 0 Å². The second-order valence-electron chi connectivity index (χ2n) is 6.24. The highest BCUT2D eigenvalue weighted by molar-refractivity contribution is 7.90. The Balaban J connectivity index is 1.87. The first kappa shape index (κ1) is 14.8. The summed E-state index contributed by atoms with van der Waals surface area (Å²) < 4.78 is 24.0. The number of pyridine rings is 1. The Labute approximate surface area is 126 Å². The maximum absolute atomic E-state index is 12.0. The van der Waals surface area contributed by atoms with Gasteiger partial charge in [-0.25, -0.2) is 13.4 Å². The first-order valence-corrected chi connectivity index (χ1v) is 9.56. The predicted molar refractivity (Wildman–Crippen MR) is 83.3 cm³/mol. The van der Waals surface area contributed by atoms with Crippen LogP contribution in [-0.4, -0.2) is 45.3 Å². The summed E-state index contributed by atoms with van der Waals surface area (Å²) in [5.74, 6) is 1.32. The van der Waals surface area contributed by atoms with Gasteiger partial charge < -0.3 is 10.2 Å². The van der Waals surface area contributed by atoms with Crippen molar-refractivity contribution in [1.82, 2.24) is 10.3 Å². The molecule has 1 atom stereocenters. The van der Waals surface area contributed by atoms with Crippen LogP contribution in [0.2, 0.25) is 0 Å². The highest BCUT2D eigenvalue weighted by atomic mass is 32.2. The largest absolute Gasteiger partial charge is 0.354 e. The molecular formula is C15H23N3O2S. The van der Waals surface area contributed by atoms with Crippen molar-refractivity contribution >= 4 is 15.7 Å². The first-order valence-electron chi connectivity index (χ1n) is 7.67. The van der Waals surface area contributed by atoms with Crippen molar-refractivity contribution in [1.29, 1.82) is 0 Å². The Morgan fingerprint density at radius 2 is 2.14 bits per heavy atom. The normalized spacial score (nSPS) is 22.4. The van der Waals surface area contributed by atoms with E-state index in [1.165, 1.54) is 25.5 Å². The van der Waals surface area contributed by atoms with Crippen molar-refractivity contribution in [3.63, 3.8) is 0 Å². The summed E-state index contributed by atoms with van der Waals surface area (Å²) in [5.41, 5.74) is 0. The smallest absolute Gasteiger partial charge is 0.179 e. The summed E-state index contributed by atoms with van der Waals surface area (Å²) in [5, 5.41) is 3.49. The fraction of sp³-hybridized carbons (Fsp3) is 0.667. The lowest BCUT2D eigenvalue weighted by Crippen LogP contribution is -2.39. The second kappa shape index (κ2) is 5.93. The van der Waals surface area contributed by atoms with Crippen molar-refractivity contribution in [3.05, 3.63) is 18.3 Å². The van der Waals surface area contributed by atoms with E-state index in [1.54, 1.807) is 18.3 Å². The quantitative estimate of drug-likeness (QED) is 0.862. The van der Waals surface area contributed by atoms with Gasteiger partial charge in [0.25, 0.3) is 0 Å². The van der Waals surface area contributed by atoms with Crippen LogP contribution in [0.1, 0.15) is 25.7 Å². The molecule has 0 aromatic carbocycles. The molecule has 1 aliphatic carbocycles. The lowest BCUT2D eigenvalue weighted by molar-refractivity contribution is 0.562. The topological polar surface area (TPSA) is 62.3 Å². The molecule has 1 aliphatic heterocycles. The number of nitrogens with zero attached hydrogens (tertiary/aromatic N) is 2. The predicted octanol–water partition coefficient (Wildman–Crippen LogP) is 1.45. The maximum atomic E-state index is 12.0. The zero-order valence-electron chi connectivity index (χ0n) is 12.5. The summed E-state index contributed by atoms with van der Waals surface area (Å²) in [7, 11) is -3.25. The van der Waals surface area contributed by atoms with Gasteiger partial charge in [0.1, 0.15) is 10.7 Å². The lowest BCUT2D eigenvalue weighted by Gasteiger charge is -2.28. The maximum Gasteiger partial charge on any atom is 0.179 e. The molecule has 1 unspecified atom stereocenters. The average Bonchev–Trinajstić information content (AvgIpc) is 3.11. The van der Waals surface area contributed by atoms with Gasteiger partial charge in [0.15, 0.2) is 9.84 Å². The fourth-order valence-corrected chi connectivity index (χ4v) is 3.79. The molecule has 1 aromatic heterocycles. The molecule has 2 heterocycles. The number of aromatic nitrogens is 1. The molecule has 6 heteroatoms. The highest BCUT2D eigenvalue weighted by Gasteiger charge is 2.29. The Hall–Kier alpha value is -1.14. The van der Waals surface area contributed by atoms with E-state index in [4.69, 9.17) is 0 Å². The molecule has 1 saturated heterocycles. The Morgan fingerprint density at radius 3 is 2.76 bits per heavy atom. The number of anilines is 1. The zero-order valence-corrected chi connectivity index (χ0v) is 13.3. The molecule has 1 N–H and O–H groups in total. The summed E-state index contributed by atoms with van der Waals surface area (Å²) in [6.07, 6.45) is 7.79. The van der Waals surface area contributed by atoms with E-state index in [9.17, 15) is 8.42 Å². The third-order valence-electron chi connectivity index (χ3n) is 4.23. The molecule has 0 bridgehead atoms. The SMILES string of the molecule is CS(=O)(=O)c1cccnc1N(CC1CC1)CC1CCCN1. The van der Waals surface area contributed by atoms with E-state index in [1.807, 2.05) is 0 Å². The van der Waals surface area contributed by atoms with Crippen LogP contribution in [0.5, 0.6) is 0 Å². The third kappa shape index (κ3) is 3.74. The van der Waals surface area contributed by atoms with Crippen molar-refractivity contribution < 1.29 is 8.42 Å². The van der Waals surface area contributed by atoms with Gasteiger partial charge >= 0.3 is 0 Å². The second-order valence-corrected chi connectivity index (χ2v) is 8.22. The molecule has 1 saturated carbocycles. The Morgan fingerprint density at radius 1 is 1.33 bits per heavy atom. The van der Waals surface area contributed by atoms with Gasteiger partial charge in [0.2, 0.25) is 0 Å². The monoisotopic (exact) mass is 309 g/mol. The van der Waals surface area contributed by atoms with Crippen LogP contribution in [-0.2, 0) is 9.84 Å². The minimum atomic E-state index is -3.25. The zero-order chi connectivity index (χ0) is 14.9. The number of rotatable bonds is 6. The van der Waals surface area contributed by atoms with Crippen LogP contribution in [0.25, 0.3) is 0 Å². The number of hydrogen-bond acceptors (Lipinski definition) is 5. The van der Waals surface area contributed by atoms with Crippen LogP contribution in [0.15, 0.2) is 23.2 Å². The minimum absolute atomic E-state index is 0.351. The summed E-state index contributed by atoms with van der Waals surface area (Å²) in [6.45, 7) is 2.82. The fourth-order valence-electron chi connectivity index (χ4n) is 2.95. The number of sulfone groups is 1. The molecule has 3 rings (SSSR count). The number of hydrogen-bond donors (Lipinski definition) is 1. The summed E-state index contributed by atoms with van der Waals surface area (Å²) >= 11 is 0.